The van der Waals surface area contributed by atoms with Crippen molar-refractivity contribution in [2.24, 2.45) is 22.3 Å². The van der Waals surface area contributed by atoms with Gasteiger partial charge in [-0.1, -0.05) is 40.0 Å². The third-order valence-corrected chi connectivity index (χ3v) is 5.07. The van der Waals surface area contributed by atoms with E-state index in [0.29, 0.717) is 16.9 Å². The molecule has 16 heavy (non-hydrogen) atoms. The van der Waals surface area contributed by atoms with Crippen LogP contribution in [0.15, 0.2) is 0 Å². The van der Waals surface area contributed by atoms with Crippen molar-refractivity contribution >= 4 is 0 Å². The average Bonchev–Trinajstić information content (AvgIpc) is 2.28. The van der Waals surface area contributed by atoms with Gasteiger partial charge in [-0.2, -0.15) is 0 Å². The van der Waals surface area contributed by atoms with Crippen molar-refractivity contribution in [3.8, 4) is 0 Å². The van der Waals surface area contributed by atoms with Crippen LogP contribution in [0.4, 0.5) is 0 Å². The summed E-state index contributed by atoms with van der Waals surface area (Å²) in [7, 11) is 0. The van der Waals surface area contributed by atoms with Crippen molar-refractivity contribution in [1.82, 2.24) is 0 Å². The Hall–Kier alpha value is -0.0800. The second kappa shape index (κ2) is 5.50. The van der Waals surface area contributed by atoms with Crippen molar-refractivity contribution in [2.75, 3.05) is 6.54 Å². The highest BCUT2D eigenvalue weighted by Gasteiger charge is 2.44. The molecular weight excluding hydrogens is 196 g/mol. The molecule has 2 unspecified atom stereocenters. The van der Waals surface area contributed by atoms with E-state index in [1.54, 1.807) is 0 Å². The molecule has 0 spiro atoms. The Morgan fingerprint density at radius 2 is 1.50 bits per heavy atom. The minimum atomic E-state index is 0.389. The topological polar surface area (TPSA) is 52.0 Å². The van der Waals surface area contributed by atoms with Crippen molar-refractivity contribution in [2.45, 2.75) is 71.8 Å². The standard InChI is InChI=1S/C14H30N2/c1-4-13(5-2)9-12(16)10-14(6-3,11-13)7-8-15/h12H,4-11,15-16H2,1-3H3. The Morgan fingerprint density at radius 3 is 1.94 bits per heavy atom. The molecule has 0 amide bonds. The molecule has 0 heterocycles. The van der Waals surface area contributed by atoms with Crippen LogP contribution in [0.3, 0.4) is 0 Å². The molecule has 1 saturated carbocycles. The van der Waals surface area contributed by atoms with Crippen molar-refractivity contribution in [1.29, 1.82) is 0 Å². The number of nitrogens with two attached hydrogens (primary N) is 2. The lowest BCUT2D eigenvalue weighted by Crippen LogP contribution is -2.46. The van der Waals surface area contributed by atoms with Crippen LogP contribution >= 0.6 is 0 Å². The Morgan fingerprint density at radius 1 is 1.00 bits per heavy atom. The summed E-state index contributed by atoms with van der Waals surface area (Å²) in [6, 6.07) is 0.389. The van der Waals surface area contributed by atoms with Gasteiger partial charge in [-0.25, -0.2) is 0 Å². The van der Waals surface area contributed by atoms with Gasteiger partial charge in [-0.3, -0.25) is 0 Å². The summed E-state index contributed by atoms with van der Waals surface area (Å²) >= 11 is 0. The largest absolute Gasteiger partial charge is 0.330 e. The first kappa shape index (κ1) is 14.0. The third kappa shape index (κ3) is 2.78. The first-order valence-corrected chi connectivity index (χ1v) is 7.01. The van der Waals surface area contributed by atoms with Crippen molar-refractivity contribution < 1.29 is 0 Å². The first-order valence-electron chi connectivity index (χ1n) is 7.01. The molecule has 0 aromatic carbocycles. The molecule has 1 fully saturated rings. The molecule has 1 aliphatic carbocycles. The van der Waals surface area contributed by atoms with Gasteiger partial charge >= 0.3 is 0 Å². The molecule has 1 aliphatic rings. The SMILES string of the molecule is CCC1(CC)CC(N)CC(CC)(CCN)C1. The van der Waals surface area contributed by atoms with E-state index >= 15 is 0 Å². The van der Waals surface area contributed by atoms with Crippen molar-refractivity contribution in [3.63, 3.8) is 0 Å². The van der Waals surface area contributed by atoms with E-state index in [4.69, 9.17) is 11.5 Å². The van der Waals surface area contributed by atoms with E-state index in [1.165, 1.54) is 38.5 Å². The van der Waals surface area contributed by atoms with Gasteiger partial charge in [0.25, 0.3) is 0 Å². The molecule has 0 aromatic heterocycles. The van der Waals surface area contributed by atoms with E-state index < -0.39 is 0 Å². The molecule has 96 valence electrons. The van der Waals surface area contributed by atoms with Crippen LogP contribution in [0.5, 0.6) is 0 Å². The molecule has 0 radical (unpaired) electrons. The van der Waals surface area contributed by atoms with Gasteiger partial charge in [-0.05, 0) is 43.1 Å². The molecule has 0 saturated heterocycles. The predicted octanol–water partition coefficient (Wildman–Crippen LogP) is 3.05. The Kier molecular flexibility index (Phi) is 4.81. The highest BCUT2D eigenvalue weighted by molar-refractivity contribution is 4.97. The molecule has 4 N–H and O–H groups in total. The summed E-state index contributed by atoms with van der Waals surface area (Å²) in [5, 5.41) is 0. The summed E-state index contributed by atoms with van der Waals surface area (Å²) in [6.07, 6.45) is 8.66. The monoisotopic (exact) mass is 226 g/mol. The fraction of sp³-hybridized carbons (Fsp3) is 1.00. The van der Waals surface area contributed by atoms with E-state index in [9.17, 15) is 0 Å². The van der Waals surface area contributed by atoms with E-state index in [1.807, 2.05) is 0 Å². The molecule has 0 aliphatic heterocycles. The molecule has 2 nitrogen and oxygen atoms in total. The average molecular weight is 226 g/mol. The maximum Gasteiger partial charge on any atom is 0.00494 e. The quantitative estimate of drug-likeness (QED) is 0.757. The highest BCUT2D eigenvalue weighted by Crippen LogP contribution is 2.52. The Bertz CT molecular complexity index is 211. The summed E-state index contributed by atoms with van der Waals surface area (Å²) in [4.78, 5) is 0. The van der Waals surface area contributed by atoms with E-state index in [2.05, 4.69) is 20.8 Å². The van der Waals surface area contributed by atoms with E-state index in [-0.39, 0.29) is 0 Å². The molecule has 2 atom stereocenters. The van der Waals surface area contributed by atoms with Gasteiger partial charge in [0, 0.05) is 6.04 Å². The van der Waals surface area contributed by atoms with Crippen LogP contribution in [0.25, 0.3) is 0 Å². The van der Waals surface area contributed by atoms with Crippen molar-refractivity contribution in [3.05, 3.63) is 0 Å². The van der Waals surface area contributed by atoms with E-state index in [0.717, 1.165) is 13.0 Å². The number of hydrogen-bond donors (Lipinski definition) is 2. The minimum absolute atomic E-state index is 0.389. The summed E-state index contributed by atoms with van der Waals surface area (Å²) in [5.41, 5.74) is 13.0. The zero-order valence-corrected chi connectivity index (χ0v) is 11.4. The van der Waals surface area contributed by atoms with Gasteiger partial charge in [-0.15, -0.1) is 0 Å². The summed E-state index contributed by atoms with van der Waals surface area (Å²) in [5.74, 6) is 0. The van der Waals surface area contributed by atoms with Crippen LogP contribution in [-0.2, 0) is 0 Å². The molecular formula is C14H30N2. The smallest absolute Gasteiger partial charge is 0.00494 e. The van der Waals surface area contributed by atoms with Crippen LogP contribution in [0.2, 0.25) is 0 Å². The van der Waals surface area contributed by atoms with Gasteiger partial charge in [0.2, 0.25) is 0 Å². The van der Waals surface area contributed by atoms with Crippen LogP contribution in [-0.4, -0.2) is 12.6 Å². The maximum atomic E-state index is 6.30. The molecule has 0 aromatic rings. The van der Waals surface area contributed by atoms with Gasteiger partial charge in [0.15, 0.2) is 0 Å². The normalized spacial score (nSPS) is 33.9. The lowest BCUT2D eigenvalue weighted by molar-refractivity contribution is 0.0286. The summed E-state index contributed by atoms with van der Waals surface area (Å²) in [6.45, 7) is 7.77. The lowest BCUT2D eigenvalue weighted by atomic mass is 9.56. The fourth-order valence-corrected chi connectivity index (χ4v) is 3.86. The Balaban J connectivity index is 2.87. The lowest BCUT2D eigenvalue weighted by Gasteiger charge is -2.50. The second-order valence-corrected chi connectivity index (χ2v) is 5.94. The highest BCUT2D eigenvalue weighted by atomic mass is 14.7. The first-order chi connectivity index (χ1) is 7.55. The maximum absolute atomic E-state index is 6.30. The predicted molar refractivity (Wildman–Crippen MR) is 71.2 cm³/mol. The summed E-state index contributed by atoms with van der Waals surface area (Å²) < 4.78 is 0. The molecule has 0 bridgehead atoms. The Labute approximate surface area is 101 Å². The van der Waals surface area contributed by atoms with Gasteiger partial charge < -0.3 is 11.5 Å². The van der Waals surface area contributed by atoms with Gasteiger partial charge in [0.05, 0.1) is 0 Å². The number of hydrogen-bond acceptors (Lipinski definition) is 2. The number of rotatable bonds is 5. The zero-order chi connectivity index (χ0) is 12.2. The third-order valence-electron chi connectivity index (χ3n) is 5.07. The van der Waals surface area contributed by atoms with Crippen LogP contribution in [0, 0.1) is 10.8 Å². The zero-order valence-electron chi connectivity index (χ0n) is 11.4. The fourth-order valence-electron chi connectivity index (χ4n) is 3.86. The minimum Gasteiger partial charge on any atom is -0.330 e. The molecule has 1 rings (SSSR count). The van der Waals surface area contributed by atoms with Crippen LogP contribution in [0.1, 0.15) is 65.7 Å². The van der Waals surface area contributed by atoms with Crippen LogP contribution < -0.4 is 11.5 Å². The molecule has 2 heteroatoms. The second-order valence-electron chi connectivity index (χ2n) is 5.94. The van der Waals surface area contributed by atoms with Gasteiger partial charge in [0.1, 0.15) is 0 Å².